The number of rotatable bonds is 4. The van der Waals surface area contributed by atoms with E-state index in [4.69, 9.17) is 0 Å². The Hall–Kier alpha value is -4.06. The van der Waals surface area contributed by atoms with Crippen molar-refractivity contribution in [3.8, 4) is 35.5 Å². The molecule has 0 amide bonds. The van der Waals surface area contributed by atoms with E-state index >= 15 is 0 Å². The lowest BCUT2D eigenvalue weighted by molar-refractivity contribution is -0.121. The van der Waals surface area contributed by atoms with Gasteiger partial charge in [-0.25, -0.2) is 0 Å². The van der Waals surface area contributed by atoms with Crippen LogP contribution < -0.4 is 0 Å². The molecule has 0 saturated carbocycles. The first kappa shape index (κ1) is 34.1. The number of allylic oxidation sites excluding steroid dienone is 16. The molecule has 0 bridgehead atoms. The summed E-state index contributed by atoms with van der Waals surface area (Å²) in [4.78, 5) is 23.8. The molecule has 0 aromatic carbocycles. The van der Waals surface area contributed by atoms with Crippen molar-refractivity contribution >= 4 is 11.6 Å². The van der Waals surface area contributed by atoms with Crippen molar-refractivity contribution in [3.63, 3.8) is 0 Å². The summed E-state index contributed by atoms with van der Waals surface area (Å²) in [6.45, 7) is 20.4. The third-order valence-electron chi connectivity index (χ3n) is 7.27. The summed E-state index contributed by atoms with van der Waals surface area (Å²) in [6, 6.07) is 0. The lowest BCUT2D eigenvalue weighted by atomic mass is 9.72. The Kier molecular flexibility index (Phi) is 12.4. The maximum atomic E-state index is 11.9. The molecule has 0 N–H and O–H groups in total. The molecule has 0 spiro atoms. The van der Waals surface area contributed by atoms with Crippen molar-refractivity contribution in [1.82, 2.24) is 0 Å². The maximum Gasteiger partial charge on any atom is 0.137 e. The predicted molar refractivity (Wildman–Crippen MR) is 178 cm³/mol. The first-order valence-electron chi connectivity index (χ1n) is 14.6. The molecule has 0 aromatic rings. The van der Waals surface area contributed by atoms with Crippen LogP contribution in [0.5, 0.6) is 0 Å². The van der Waals surface area contributed by atoms with Gasteiger partial charge in [0.15, 0.2) is 0 Å². The SMILES string of the molecule is CC(C#CC1=C(C)CC(=O)CC1(C)C)=CC=CC(C)=CC#CC=C(C)C=CC=C(C)C#CC1=C(C)CC(=O)CC1(C)C. The predicted octanol–water partition coefficient (Wildman–Crippen LogP) is 9.31. The third kappa shape index (κ3) is 11.1. The van der Waals surface area contributed by atoms with Gasteiger partial charge in [-0.1, -0.05) is 111 Å². The second-order valence-corrected chi connectivity index (χ2v) is 12.8. The van der Waals surface area contributed by atoms with E-state index in [2.05, 4.69) is 63.2 Å². The van der Waals surface area contributed by atoms with Crippen molar-refractivity contribution in [2.45, 2.75) is 94.9 Å². The topological polar surface area (TPSA) is 34.1 Å². The summed E-state index contributed by atoms with van der Waals surface area (Å²) in [6.07, 6.45) is 17.9. The normalized spacial score (nSPS) is 19.9. The molecule has 0 aliphatic heterocycles. The van der Waals surface area contributed by atoms with Crippen LogP contribution in [0.25, 0.3) is 0 Å². The Labute approximate surface area is 255 Å². The van der Waals surface area contributed by atoms with Gasteiger partial charge in [0.2, 0.25) is 0 Å². The van der Waals surface area contributed by atoms with Crippen molar-refractivity contribution in [3.05, 3.63) is 93.2 Å². The molecule has 2 heteroatoms. The van der Waals surface area contributed by atoms with Crippen LogP contribution in [0.2, 0.25) is 0 Å². The van der Waals surface area contributed by atoms with E-state index in [-0.39, 0.29) is 10.8 Å². The van der Waals surface area contributed by atoms with Crippen LogP contribution in [0.1, 0.15) is 94.9 Å². The standard InChI is InChI=1S/C40H46O2/c1-29(17-13-19-31(3)21-23-37-33(5)25-35(41)27-39(37,7)8)15-11-12-16-30(2)18-14-20-32(4)22-24-38-34(6)26-36(42)28-40(38,9)10/h13-20H,25-28H2,1-10H3. The fraction of sp³-hybridized carbons (Fsp3) is 0.400. The monoisotopic (exact) mass is 558 g/mol. The van der Waals surface area contributed by atoms with E-state index in [9.17, 15) is 9.59 Å². The summed E-state index contributed by atoms with van der Waals surface area (Å²) < 4.78 is 0. The lowest BCUT2D eigenvalue weighted by Gasteiger charge is -2.30. The molecular formula is C40H46O2. The third-order valence-corrected chi connectivity index (χ3v) is 7.27. The Balaban J connectivity index is 1.96. The summed E-state index contributed by atoms with van der Waals surface area (Å²) in [7, 11) is 0. The van der Waals surface area contributed by atoms with Gasteiger partial charge in [0, 0.05) is 47.7 Å². The smallest absolute Gasteiger partial charge is 0.137 e. The van der Waals surface area contributed by atoms with Crippen molar-refractivity contribution in [2.75, 3.05) is 0 Å². The Bertz CT molecular complexity index is 1430. The van der Waals surface area contributed by atoms with Gasteiger partial charge in [0.1, 0.15) is 11.6 Å². The van der Waals surface area contributed by atoms with E-state index in [1.54, 1.807) is 0 Å². The molecule has 0 aromatic heterocycles. The van der Waals surface area contributed by atoms with Gasteiger partial charge >= 0.3 is 0 Å². The van der Waals surface area contributed by atoms with Gasteiger partial charge in [-0.15, -0.1) is 0 Å². The van der Waals surface area contributed by atoms with Crippen LogP contribution in [0, 0.1) is 46.4 Å². The first-order chi connectivity index (χ1) is 19.6. The van der Waals surface area contributed by atoms with Crippen molar-refractivity contribution in [1.29, 1.82) is 0 Å². The average Bonchev–Trinajstić information content (AvgIpc) is 2.84. The highest BCUT2D eigenvalue weighted by Crippen LogP contribution is 2.39. The second kappa shape index (κ2) is 15.2. The number of hydrogen-bond acceptors (Lipinski definition) is 2. The molecule has 0 fully saturated rings. The summed E-state index contributed by atoms with van der Waals surface area (Å²) in [5.74, 6) is 19.9. The fourth-order valence-electron chi connectivity index (χ4n) is 5.26. The van der Waals surface area contributed by atoms with Gasteiger partial charge < -0.3 is 0 Å². The number of hydrogen-bond donors (Lipinski definition) is 0. The summed E-state index contributed by atoms with van der Waals surface area (Å²) in [5.41, 5.74) is 8.03. The quantitative estimate of drug-likeness (QED) is 0.254. The fourth-order valence-corrected chi connectivity index (χ4v) is 5.26. The van der Waals surface area contributed by atoms with Crippen LogP contribution in [0.3, 0.4) is 0 Å². The summed E-state index contributed by atoms with van der Waals surface area (Å²) in [5, 5.41) is 0. The molecule has 0 unspecified atom stereocenters. The molecule has 2 aliphatic carbocycles. The van der Waals surface area contributed by atoms with Crippen LogP contribution in [0.4, 0.5) is 0 Å². The van der Waals surface area contributed by atoms with E-state index in [1.165, 1.54) is 0 Å². The van der Waals surface area contributed by atoms with E-state index in [0.29, 0.717) is 37.2 Å². The maximum absolute atomic E-state index is 11.9. The van der Waals surface area contributed by atoms with Gasteiger partial charge in [0.25, 0.3) is 0 Å². The largest absolute Gasteiger partial charge is 0.299 e. The molecule has 2 rings (SSSR count). The molecule has 2 nitrogen and oxygen atoms in total. The molecule has 0 atom stereocenters. The van der Waals surface area contributed by atoms with E-state index in [0.717, 1.165) is 44.6 Å². The number of carbonyl (C=O) groups excluding carboxylic acids is 2. The van der Waals surface area contributed by atoms with Crippen LogP contribution in [-0.4, -0.2) is 11.6 Å². The zero-order valence-corrected chi connectivity index (χ0v) is 27.3. The minimum Gasteiger partial charge on any atom is -0.299 e. The van der Waals surface area contributed by atoms with Gasteiger partial charge in [-0.05, 0) is 76.0 Å². The Morgan fingerprint density at radius 2 is 1.00 bits per heavy atom. The Morgan fingerprint density at radius 1 is 0.643 bits per heavy atom. The van der Waals surface area contributed by atoms with E-state index in [1.807, 2.05) is 90.2 Å². The molecule has 218 valence electrons. The number of carbonyl (C=O) groups is 2. The molecule has 42 heavy (non-hydrogen) atoms. The van der Waals surface area contributed by atoms with Gasteiger partial charge in [-0.2, -0.15) is 0 Å². The summed E-state index contributed by atoms with van der Waals surface area (Å²) >= 11 is 0. The minimum atomic E-state index is -0.193. The highest BCUT2D eigenvalue weighted by molar-refractivity contribution is 5.85. The molecule has 0 saturated heterocycles. The average molecular weight is 559 g/mol. The van der Waals surface area contributed by atoms with E-state index < -0.39 is 0 Å². The molecule has 0 heterocycles. The van der Waals surface area contributed by atoms with Crippen LogP contribution in [-0.2, 0) is 9.59 Å². The van der Waals surface area contributed by atoms with Crippen LogP contribution in [0.15, 0.2) is 93.2 Å². The zero-order chi connectivity index (χ0) is 31.5. The molecule has 0 radical (unpaired) electrons. The first-order valence-corrected chi connectivity index (χ1v) is 14.6. The van der Waals surface area contributed by atoms with Gasteiger partial charge in [0.05, 0.1) is 0 Å². The van der Waals surface area contributed by atoms with Crippen molar-refractivity contribution < 1.29 is 9.59 Å². The highest BCUT2D eigenvalue weighted by atomic mass is 16.1. The molecular weight excluding hydrogens is 512 g/mol. The van der Waals surface area contributed by atoms with Crippen molar-refractivity contribution in [2.24, 2.45) is 10.8 Å². The lowest BCUT2D eigenvalue weighted by Crippen LogP contribution is -2.25. The number of Topliss-reactive ketones (excluding diaryl/α,β-unsaturated/α-hetero) is 2. The highest BCUT2D eigenvalue weighted by Gasteiger charge is 2.32. The van der Waals surface area contributed by atoms with Crippen LogP contribution >= 0.6 is 0 Å². The molecule has 2 aliphatic rings. The Morgan fingerprint density at radius 3 is 1.33 bits per heavy atom. The second-order valence-electron chi connectivity index (χ2n) is 12.8. The minimum absolute atomic E-state index is 0.193. The zero-order valence-electron chi connectivity index (χ0n) is 27.3. The number of ketones is 2. The van der Waals surface area contributed by atoms with Gasteiger partial charge in [-0.3, -0.25) is 9.59 Å².